The molecule has 1 aliphatic rings. The van der Waals surface area contributed by atoms with E-state index < -0.39 is 11.6 Å². The summed E-state index contributed by atoms with van der Waals surface area (Å²) in [5, 5.41) is 12.3. The Morgan fingerprint density at radius 2 is 2.12 bits per heavy atom. The van der Waals surface area contributed by atoms with Crippen LogP contribution in [0.25, 0.3) is 11.3 Å². The summed E-state index contributed by atoms with van der Waals surface area (Å²) < 4.78 is 14.8. The molecule has 1 fully saturated rings. The molecule has 0 bridgehead atoms. The number of hydrogen-bond donors (Lipinski definition) is 0. The van der Waals surface area contributed by atoms with Crippen LogP contribution in [0.5, 0.6) is 0 Å². The third kappa shape index (κ3) is 3.97. The summed E-state index contributed by atoms with van der Waals surface area (Å²) >= 11 is 1.70. The molecule has 1 aliphatic heterocycles. The van der Waals surface area contributed by atoms with Gasteiger partial charge in [-0.25, -0.2) is 9.37 Å². The molecule has 2 aromatic rings. The smallest absolute Gasteiger partial charge is 0.119 e. The molecule has 0 radical (unpaired) electrons. The maximum Gasteiger partial charge on any atom is 0.119 e. The largest absolute Gasteiger partial charge is 0.296 e. The zero-order chi connectivity index (χ0) is 18.6. The lowest BCUT2D eigenvalue weighted by Gasteiger charge is -2.42. The van der Waals surface area contributed by atoms with Gasteiger partial charge in [-0.05, 0) is 31.4 Å². The van der Waals surface area contributed by atoms with E-state index in [1.165, 1.54) is 5.56 Å². The summed E-state index contributed by atoms with van der Waals surface area (Å²) in [4.78, 5) is 6.80. The van der Waals surface area contributed by atoms with E-state index in [9.17, 15) is 4.39 Å². The van der Waals surface area contributed by atoms with Crippen molar-refractivity contribution in [2.24, 2.45) is 5.41 Å². The Kier molecular flexibility index (Phi) is 6.05. The van der Waals surface area contributed by atoms with Gasteiger partial charge < -0.3 is 0 Å². The van der Waals surface area contributed by atoms with Crippen LogP contribution in [0.1, 0.15) is 43.7 Å². The van der Waals surface area contributed by atoms with Gasteiger partial charge in [0.15, 0.2) is 0 Å². The van der Waals surface area contributed by atoms with Crippen molar-refractivity contribution in [3.8, 4) is 17.3 Å². The Morgan fingerprint density at radius 3 is 2.69 bits per heavy atom. The second-order valence-electron chi connectivity index (χ2n) is 7.18. The average molecular weight is 372 g/mol. The van der Waals surface area contributed by atoms with Crippen molar-refractivity contribution in [1.82, 2.24) is 9.88 Å². The van der Waals surface area contributed by atoms with E-state index >= 15 is 0 Å². The molecule has 2 heterocycles. The number of benzene rings is 1. The number of alkyl halides is 1. The van der Waals surface area contributed by atoms with Crippen LogP contribution in [0.15, 0.2) is 29.6 Å². The number of hydrogen-bond acceptors (Lipinski definition) is 4. The second kappa shape index (κ2) is 8.28. The minimum absolute atomic E-state index is 0.320. The molecule has 2 atom stereocenters. The van der Waals surface area contributed by atoms with Gasteiger partial charge in [-0.1, -0.05) is 38.1 Å². The van der Waals surface area contributed by atoms with Gasteiger partial charge in [-0.3, -0.25) is 4.90 Å². The Labute approximate surface area is 159 Å². The second-order valence-corrected chi connectivity index (χ2v) is 8.12. The summed E-state index contributed by atoms with van der Waals surface area (Å²) in [6, 6.07) is 10.6. The molecule has 3 rings (SSSR count). The van der Waals surface area contributed by atoms with E-state index in [-0.39, 0.29) is 0 Å². The molecule has 0 N–H and O–H groups in total. The number of halogens is 1. The number of likely N-dealkylation sites (tertiary alicyclic amines) is 1. The molecular formula is C21H26FN3S. The van der Waals surface area contributed by atoms with Crippen LogP contribution < -0.4 is 0 Å². The van der Waals surface area contributed by atoms with Crippen molar-refractivity contribution in [2.75, 3.05) is 13.1 Å². The summed E-state index contributed by atoms with van der Waals surface area (Å²) in [5.74, 6) is 0. The molecule has 1 aromatic carbocycles. The normalized spacial score (nSPS) is 23.7. The highest BCUT2D eigenvalue weighted by molar-refractivity contribution is 7.09. The molecule has 0 saturated carbocycles. The van der Waals surface area contributed by atoms with E-state index in [1.54, 1.807) is 11.3 Å². The van der Waals surface area contributed by atoms with Crippen molar-refractivity contribution >= 4 is 11.3 Å². The first-order valence-corrected chi connectivity index (χ1v) is 10.2. The van der Waals surface area contributed by atoms with Gasteiger partial charge in [0.2, 0.25) is 0 Å². The van der Waals surface area contributed by atoms with Crippen molar-refractivity contribution in [3.63, 3.8) is 0 Å². The predicted molar refractivity (Wildman–Crippen MR) is 105 cm³/mol. The maximum absolute atomic E-state index is 14.8. The maximum atomic E-state index is 14.8. The van der Waals surface area contributed by atoms with Crippen LogP contribution in [0.3, 0.4) is 0 Å². The van der Waals surface area contributed by atoms with Gasteiger partial charge in [0, 0.05) is 35.9 Å². The van der Waals surface area contributed by atoms with Crippen LogP contribution in [-0.2, 0) is 13.0 Å². The number of piperidine rings is 1. The van der Waals surface area contributed by atoms with Gasteiger partial charge >= 0.3 is 0 Å². The van der Waals surface area contributed by atoms with E-state index in [4.69, 9.17) is 5.26 Å². The Balaban J connectivity index is 1.62. The van der Waals surface area contributed by atoms with Gasteiger partial charge in [-0.2, -0.15) is 5.26 Å². The van der Waals surface area contributed by atoms with Crippen LogP contribution >= 0.6 is 11.3 Å². The Hall–Kier alpha value is -1.77. The first-order chi connectivity index (χ1) is 12.6. The number of aromatic nitrogens is 1. The Bertz CT molecular complexity index is 764. The van der Waals surface area contributed by atoms with Crippen molar-refractivity contribution in [3.05, 3.63) is 40.2 Å². The van der Waals surface area contributed by atoms with E-state index in [0.29, 0.717) is 13.0 Å². The predicted octanol–water partition coefficient (Wildman–Crippen LogP) is 5.23. The monoisotopic (exact) mass is 371 g/mol. The fraction of sp³-hybridized carbons (Fsp3) is 0.524. The van der Waals surface area contributed by atoms with Gasteiger partial charge in [0.05, 0.1) is 16.8 Å². The van der Waals surface area contributed by atoms with Crippen LogP contribution in [0.2, 0.25) is 0 Å². The third-order valence-corrected chi connectivity index (χ3v) is 6.65. The Morgan fingerprint density at radius 1 is 1.35 bits per heavy atom. The standard InChI is InChI=1S/C21H26FN3S/c1-3-20-24-18(15-26-20)17-7-5-16(6-8-17)13-25-12-10-21(4-2,9-11-23)19(22)14-25/h5-8,15,19H,3-4,9-10,12-14H2,1-2H3. The van der Waals surface area contributed by atoms with E-state index in [1.807, 2.05) is 6.92 Å². The summed E-state index contributed by atoms with van der Waals surface area (Å²) in [5.41, 5.74) is 2.91. The zero-order valence-corrected chi connectivity index (χ0v) is 16.4. The summed E-state index contributed by atoms with van der Waals surface area (Å²) in [7, 11) is 0. The lowest BCUT2D eigenvalue weighted by molar-refractivity contribution is 0.00335. The quantitative estimate of drug-likeness (QED) is 0.698. The fourth-order valence-electron chi connectivity index (χ4n) is 3.72. The first kappa shape index (κ1) is 19.0. The van der Waals surface area contributed by atoms with Crippen molar-refractivity contribution in [2.45, 2.75) is 52.2 Å². The van der Waals surface area contributed by atoms with Crippen LogP contribution in [0, 0.1) is 16.7 Å². The van der Waals surface area contributed by atoms with Gasteiger partial charge in [0.25, 0.3) is 0 Å². The molecule has 138 valence electrons. The van der Waals surface area contributed by atoms with Crippen LogP contribution in [0.4, 0.5) is 4.39 Å². The molecule has 0 spiro atoms. The minimum Gasteiger partial charge on any atom is -0.296 e. The molecule has 1 aromatic heterocycles. The molecule has 2 unspecified atom stereocenters. The van der Waals surface area contributed by atoms with Gasteiger partial charge in [0.1, 0.15) is 6.17 Å². The molecule has 1 saturated heterocycles. The summed E-state index contributed by atoms with van der Waals surface area (Å²) in [6.07, 6.45) is 1.85. The average Bonchev–Trinajstić information content (AvgIpc) is 3.14. The van der Waals surface area contributed by atoms with E-state index in [0.717, 1.165) is 48.6 Å². The van der Waals surface area contributed by atoms with E-state index in [2.05, 4.69) is 52.5 Å². The highest BCUT2D eigenvalue weighted by Gasteiger charge is 2.41. The molecule has 0 amide bonds. The highest BCUT2D eigenvalue weighted by atomic mass is 32.1. The lowest BCUT2D eigenvalue weighted by atomic mass is 9.72. The van der Waals surface area contributed by atoms with Crippen molar-refractivity contribution < 1.29 is 4.39 Å². The third-order valence-electron chi connectivity index (χ3n) is 5.65. The molecule has 0 aliphatic carbocycles. The molecular weight excluding hydrogens is 345 g/mol. The SMILES string of the molecule is CCc1nc(-c2ccc(CN3CCC(CC)(CC#N)C(F)C3)cc2)cs1. The number of rotatable bonds is 6. The lowest BCUT2D eigenvalue weighted by Crippen LogP contribution is -2.48. The zero-order valence-electron chi connectivity index (χ0n) is 15.5. The number of nitriles is 1. The molecule has 26 heavy (non-hydrogen) atoms. The first-order valence-electron chi connectivity index (χ1n) is 9.37. The topological polar surface area (TPSA) is 39.9 Å². The fourth-order valence-corrected chi connectivity index (χ4v) is 4.47. The molecule has 5 heteroatoms. The number of thiazole rings is 1. The highest BCUT2D eigenvalue weighted by Crippen LogP contribution is 2.40. The minimum atomic E-state index is -0.928. The number of aryl methyl sites for hydroxylation is 1. The molecule has 3 nitrogen and oxygen atoms in total. The van der Waals surface area contributed by atoms with Crippen molar-refractivity contribution in [1.29, 1.82) is 5.26 Å². The van der Waals surface area contributed by atoms with Crippen LogP contribution in [-0.4, -0.2) is 29.1 Å². The number of nitrogens with zero attached hydrogens (tertiary/aromatic N) is 3. The van der Waals surface area contributed by atoms with Gasteiger partial charge in [-0.15, -0.1) is 11.3 Å². The summed E-state index contributed by atoms with van der Waals surface area (Å²) in [6.45, 7) is 6.14.